The Hall–Kier alpha value is -7.62. The average Bonchev–Trinajstić information content (AvgIpc) is 4.14. The summed E-state index contributed by atoms with van der Waals surface area (Å²) in [4.78, 5) is 0. The molecular weight excluding hydrogens is 691 g/mol. The van der Waals surface area contributed by atoms with Gasteiger partial charge in [0.25, 0.3) is 0 Å². The fourth-order valence-electron chi connectivity index (χ4n) is 8.06. The quantitative estimate of drug-likeness (QED) is 0.167. The lowest BCUT2D eigenvalue weighted by Gasteiger charge is -2.14. The minimum absolute atomic E-state index is 0.0699. The molecule has 0 aliphatic heterocycles. The SMILES string of the molecule is [2H]c1c([2H])c([2H])c(-n2c3ccccc3c3cccc(-n4c5c([2H])c([2H])c([2H])c([2H])c5c5c([2H])c(-c6c([2H])c([2H])c7c(c6[2H])c6c([2H])c([2H])c([2H])c([2H])c6n7-c6ccccc6-c6ccccc6)c([2H])c([2H])c54)c32)c([2H])c1[2H]. The highest BCUT2D eigenvalue weighted by atomic mass is 15.1. The van der Waals surface area contributed by atoms with Crippen LogP contribution in [-0.2, 0) is 0 Å². The molecule has 0 aliphatic rings. The summed E-state index contributed by atoms with van der Waals surface area (Å²) in [6.07, 6.45) is 0. The van der Waals surface area contributed by atoms with E-state index in [0.717, 1.165) is 0 Å². The molecule has 0 fully saturated rings. The zero-order chi connectivity index (χ0) is 54.0. The van der Waals surface area contributed by atoms with Crippen molar-refractivity contribution >= 4 is 65.4 Å². The Bertz CT molecular complexity index is 4600. The van der Waals surface area contributed by atoms with Crippen molar-refractivity contribution in [2.75, 3.05) is 0 Å². The van der Waals surface area contributed by atoms with Crippen LogP contribution >= 0.6 is 0 Å². The topological polar surface area (TPSA) is 14.8 Å². The summed E-state index contributed by atoms with van der Waals surface area (Å²) in [6.45, 7) is 0. The minimum atomic E-state index is -0.754. The van der Waals surface area contributed by atoms with E-state index < -0.39 is 126 Å². The van der Waals surface area contributed by atoms with Crippen LogP contribution in [0.1, 0.15) is 26.0 Å². The third-order valence-electron chi connectivity index (χ3n) is 10.4. The molecule has 0 saturated carbocycles. The van der Waals surface area contributed by atoms with E-state index in [4.69, 9.17) is 12.3 Å². The first kappa shape index (κ1) is 18.3. The van der Waals surface area contributed by atoms with Gasteiger partial charge < -0.3 is 13.7 Å². The molecule has 0 amide bonds. The van der Waals surface area contributed by atoms with E-state index in [9.17, 15) is 13.7 Å². The largest absolute Gasteiger partial charge is 0.309 e. The maximum atomic E-state index is 10.1. The molecule has 0 spiro atoms. The fraction of sp³-hybridized carbons (Fsp3) is 0. The molecule has 3 aromatic heterocycles. The molecule has 0 atom stereocenters. The van der Waals surface area contributed by atoms with E-state index in [1.807, 2.05) is 30.3 Å². The zero-order valence-corrected chi connectivity index (χ0v) is 29.6. The first-order chi connectivity index (χ1) is 36.2. The highest BCUT2D eigenvalue weighted by molar-refractivity contribution is 6.16. The summed E-state index contributed by atoms with van der Waals surface area (Å²) in [5.74, 6) is 0. The number of rotatable bonds is 5. The van der Waals surface area contributed by atoms with Crippen molar-refractivity contribution in [1.82, 2.24) is 13.7 Å². The third-order valence-corrected chi connectivity index (χ3v) is 10.4. The molecule has 12 aromatic rings. The molecule has 0 bridgehead atoms. The second kappa shape index (κ2) is 12.5. The van der Waals surface area contributed by atoms with Gasteiger partial charge in [0, 0.05) is 43.6 Å². The highest BCUT2D eigenvalue weighted by Gasteiger charge is 2.21. The number of aromatic nitrogens is 3. The number of fused-ring (bicyclic) bond motifs is 9. The summed E-state index contributed by atoms with van der Waals surface area (Å²) < 4.78 is 180. The predicted octanol–water partition coefficient (Wildman–Crippen LogP) is 14.3. The van der Waals surface area contributed by atoms with Crippen LogP contribution in [0, 0.1) is 0 Å². The van der Waals surface area contributed by atoms with Crippen molar-refractivity contribution in [3.8, 4) is 39.3 Å². The molecule has 3 heteroatoms. The molecule has 0 radical (unpaired) electrons. The van der Waals surface area contributed by atoms with E-state index in [1.165, 1.54) is 13.7 Å². The molecular formula is C54H35N3. The predicted molar refractivity (Wildman–Crippen MR) is 240 cm³/mol. The smallest absolute Gasteiger partial charge is 0.0782 e. The number of hydrogen-bond acceptors (Lipinski definition) is 0. The highest BCUT2D eigenvalue weighted by Crippen LogP contribution is 2.42. The third kappa shape index (κ3) is 4.73. The second-order valence-corrected chi connectivity index (χ2v) is 13.4. The van der Waals surface area contributed by atoms with Crippen molar-refractivity contribution in [1.29, 1.82) is 0 Å². The average molecular weight is 745 g/mol. The first-order valence-electron chi connectivity index (χ1n) is 27.6. The van der Waals surface area contributed by atoms with E-state index in [-0.39, 0.29) is 60.5 Å². The summed E-state index contributed by atoms with van der Waals surface area (Å²) in [6, 6.07) is 16.0. The molecule has 0 saturated heterocycles. The molecule has 266 valence electrons. The van der Waals surface area contributed by atoms with Crippen LogP contribution in [0.3, 0.4) is 0 Å². The Kier molecular flexibility index (Phi) is 4.01. The molecule has 0 unspecified atom stereocenters. The normalized spacial score (nSPS) is 16.5. The van der Waals surface area contributed by atoms with E-state index >= 15 is 0 Å². The van der Waals surface area contributed by atoms with Crippen molar-refractivity contribution in [3.05, 3.63) is 212 Å². The summed E-state index contributed by atoms with van der Waals surface area (Å²) in [5.41, 5.74) is 0.232. The minimum Gasteiger partial charge on any atom is -0.309 e. The van der Waals surface area contributed by atoms with Crippen LogP contribution in [0.2, 0.25) is 0 Å². The summed E-state index contributed by atoms with van der Waals surface area (Å²) in [5, 5.41) is 0.0640. The van der Waals surface area contributed by atoms with Crippen LogP contribution in [0.15, 0.2) is 212 Å². The molecule has 0 aliphatic carbocycles. The number of para-hydroxylation sites is 6. The van der Waals surface area contributed by atoms with Gasteiger partial charge in [-0.25, -0.2) is 0 Å². The second-order valence-electron chi connectivity index (χ2n) is 13.4. The molecule has 9 aromatic carbocycles. The Morgan fingerprint density at radius 1 is 0.316 bits per heavy atom. The van der Waals surface area contributed by atoms with Crippen LogP contribution in [-0.4, -0.2) is 13.7 Å². The van der Waals surface area contributed by atoms with Crippen LogP contribution in [0.4, 0.5) is 0 Å². The van der Waals surface area contributed by atoms with Crippen molar-refractivity contribution in [2.24, 2.45) is 0 Å². The number of benzene rings is 9. The fourth-order valence-corrected chi connectivity index (χ4v) is 8.06. The maximum absolute atomic E-state index is 10.1. The molecule has 0 N–H and O–H groups in total. The Morgan fingerprint density at radius 3 is 1.58 bits per heavy atom. The van der Waals surface area contributed by atoms with Crippen LogP contribution in [0.5, 0.6) is 0 Å². The van der Waals surface area contributed by atoms with E-state index in [1.54, 1.807) is 66.7 Å². The van der Waals surface area contributed by atoms with Gasteiger partial charge in [0.15, 0.2) is 0 Å². The Labute approximate surface area is 356 Å². The van der Waals surface area contributed by atoms with Gasteiger partial charge in [-0.15, -0.1) is 0 Å². The van der Waals surface area contributed by atoms with Crippen molar-refractivity contribution in [3.63, 3.8) is 0 Å². The van der Waals surface area contributed by atoms with Gasteiger partial charge in [-0.1, -0.05) is 145 Å². The summed E-state index contributed by atoms with van der Waals surface area (Å²) >= 11 is 0. The standard InChI is InChI=1S/C54H35N3/c1-3-16-36(17-4-1)40-20-7-11-25-47(40)56-49-27-13-9-22-42(49)45-34-37(30-32-51(45)56)38-31-33-52-46(35-38)43-23-10-14-28-50(43)57(52)53-29-15-24-44-41-21-8-12-26-48(41)55(54(44)53)39-18-5-2-6-19-39/h1-35H/i2D,5D,6D,9D,10D,13D,14D,18D,19D,22D,23D,27D,28D,30D,31D,32D,33D,34D,35D. The van der Waals surface area contributed by atoms with Gasteiger partial charge in [-0.2, -0.15) is 0 Å². The van der Waals surface area contributed by atoms with Crippen molar-refractivity contribution < 1.29 is 26.0 Å². The molecule has 3 heterocycles. The lowest BCUT2D eigenvalue weighted by Crippen LogP contribution is -2.00. The van der Waals surface area contributed by atoms with E-state index in [2.05, 4.69) is 0 Å². The number of nitrogens with zero attached hydrogens (tertiary/aromatic N) is 3. The van der Waals surface area contributed by atoms with Gasteiger partial charge in [0.2, 0.25) is 0 Å². The Balaban J connectivity index is 1.26. The van der Waals surface area contributed by atoms with Gasteiger partial charge in [-0.05, 0) is 83.2 Å². The van der Waals surface area contributed by atoms with Gasteiger partial charge in [-0.3, -0.25) is 0 Å². The zero-order valence-electron chi connectivity index (χ0n) is 48.6. The molecule has 3 nitrogen and oxygen atoms in total. The van der Waals surface area contributed by atoms with Crippen LogP contribution < -0.4 is 0 Å². The molecule has 12 rings (SSSR count). The first-order valence-corrected chi connectivity index (χ1v) is 18.1. The number of hydrogen-bond donors (Lipinski definition) is 0. The molecule has 57 heavy (non-hydrogen) atoms. The lowest BCUT2D eigenvalue weighted by molar-refractivity contribution is 1.13. The Morgan fingerprint density at radius 2 is 0.860 bits per heavy atom. The van der Waals surface area contributed by atoms with Crippen molar-refractivity contribution in [2.45, 2.75) is 0 Å². The van der Waals surface area contributed by atoms with Gasteiger partial charge in [0.05, 0.1) is 70.5 Å². The maximum Gasteiger partial charge on any atom is 0.0782 e. The lowest BCUT2D eigenvalue weighted by atomic mass is 10.0. The monoisotopic (exact) mass is 744 g/mol. The summed E-state index contributed by atoms with van der Waals surface area (Å²) in [7, 11) is 0. The van der Waals surface area contributed by atoms with E-state index in [0.29, 0.717) is 33.1 Å². The van der Waals surface area contributed by atoms with Crippen LogP contribution in [0.25, 0.3) is 105 Å². The van der Waals surface area contributed by atoms with Gasteiger partial charge in [0.1, 0.15) is 0 Å². The van der Waals surface area contributed by atoms with Gasteiger partial charge >= 0.3 is 0 Å².